The molecule has 0 saturated heterocycles. The Kier molecular flexibility index (Phi) is 4.72. The lowest BCUT2D eigenvalue weighted by Gasteiger charge is -2.08. The van der Waals surface area contributed by atoms with Crippen LogP contribution in [-0.4, -0.2) is 36.1 Å². The normalized spacial score (nSPS) is 12.2. The van der Waals surface area contributed by atoms with Crippen molar-refractivity contribution in [3.63, 3.8) is 0 Å². The van der Waals surface area contributed by atoms with E-state index in [9.17, 15) is 21.6 Å². The topological polar surface area (TPSA) is 59.9 Å². The molecule has 0 spiro atoms. The summed E-state index contributed by atoms with van der Waals surface area (Å²) < 4.78 is 61.0. The smallest absolute Gasteiger partial charge is 0.229 e. The van der Waals surface area contributed by atoms with Crippen LogP contribution < -0.4 is 0 Å². The van der Waals surface area contributed by atoms with Crippen molar-refractivity contribution >= 4 is 32.5 Å². The largest absolute Gasteiger partial charge is 0.297 e. The highest BCUT2D eigenvalue weighted by Gasteiger charge is 2.16. The van der Waals surface area contributed by atoms with Gasteiger partial charge in [-0.15, -0.1) is 11.8 Å². The van der Waals surface area contributed by atoms with Gasteiger partial charge in [-0.25, -0.2) is 31.6 Å². The Morgan fingerprint density at radius 2 is 2.00 bits per heavy atom. The first-order valence-corrected chi connectivity index (χ1v) is 8.87. The molecule has 0 radical (unpaired) electrons. The average molecular weight is 336 g/mol. The lowest BCUT2D eigenvalue weighted by molar-refractivity contribution is 0.140. The molecule has 0 amide bonds. The third-order valence-corrected chi connectivity index (χ3v) is 4.73. The molecule has 0 aliphatic rings. The highest BCUT2D eigenvalue weighted by Crippen LogP contribution is 2.28. The number of benzene rings is 1. The van der Waals surface area contributed by atoms with Gasteiger partial charge in [0.25, 0.3) is 6.43 Å². The summed E-state index contributed by atoms with van der Waals surface area (Å²) in [5.41, 5.74) is 0.198. The van der Waals surface area contributed by atoms with Crippen LogP contribution in [0.5, 0.6) is 0 Å². The summed E-state index contributed by atoms with van der Waals surface area (Å²) >= 11 is 0.987. The summed E-state index contributed by atoms with van der Waals surface area (Å²) in [5, 5.41) is 0.441. The summed E-state index contributed by atoms with van der Waals surface area (Å²) in [6, 6.07) is 3.56. The van der Waals surface area contributed by atoms with E-state index in [0.717, 1.165) is 30.2 Å². The van der Waals surface area contributed by atoms with Gasteiger partial charge in [-0.1, -0.05) is 0 Å². The van der Waals surface area contributed by atoms with Crippen LogP contribution in [-0.2, 0) is 9.84 Å². The second kappa shape index (κ2) is 6.18. The first kappa shape index (κ1) is 16.0. The molecule has 0 unspecified atom stereocenters. The van der Waals surface area contributed by atoms with Gasteiger partial charge in [0.2, 0.25) is 0 Å². The molecular formula is C12H11F3N2O2S2. The molecule has 0 bridgehead atoms. The third-order valence-electron chi connectivity index (χ3n) is 2.53. The van der Waals surface area contributed by atoms with E-state index in [0.29, 0.717) is 0 Å². The predicted molar refractivity (Wildman–Crippen MR) is 74.9 cm³/mol. The summed E-state index contributed by atoms with van der Waals surface area (Å²) in [7, 11) is -3.17. The molecule has 0 atom stereocenters. The van der Waals surface area contributed by atoms with Crippen molar-refractivity contribution in [1.29, 1.82) is 0 Å². The highest BCUT2D eigenvalue weighted by molar-refractivity contribution is 8.00. The van der Waals surface area contributed by atoms with Crippen LogP contribution in [0.25, 0.3) is 10.9 Å². The second-order valence-corrected chi connectivity index (χ2v) is 7.67. The van der Waals surface area contributed by atoms with Crippen LogP contribution in [0.2, 0.25) is 0 Å². The number of hydrogen-bond acceptors (Lipinski definition) is 5. The number of hydrogen-bond donors (Lipinski definition) is 0. The Balaban J connectivity index is 2.41. The Bertz CT molecular complexity index is 766. The van der Waals surface area contributed by atoms with Crippen molar-refractivity contribution in [2.45, 2.75) is 11.5 Å². The van der Waals surface area contributed by atoms with Crippen molar-refractivity contribution in [3.05, 3.63) is 29.8 Å². The molecule has 0 aliphatic heterocycles. The van der Waals surface area contributed by atoms with E-state index < -0.39 is 27.9 Å². The van der Waals surface area contributed by atoms with Gasteiger partial charge in [0.1, 0.15) is 20.7 Å². The number of rotatable bonds is 5. The summed E-state index contributed by atoms with van der Waals surface area (Å²) in [6.45, 7) is 0. The average Bonchev–Trinajstić information content (AvgIpc) is 2.37. The minimum atomic E-state index is -3.17. The van der Waals surface area contributed by atoms with Crippen molar-refractivity contribution in [3.8, 4) is 0 Å². The van der Waals surface area contributed by atoms with Crippen molar-refractivity contribution in [2.24, 2.45) is 0 Å². The fourth-order valence-electron chi connectivity index (χ4n) is 1.59. The zero-order valence-electron chi connectivity index (χ0n) is 10.9. The molecule has 1 heterocycles. The number of sulfone groups is 1. The van der Waals surface area contributed by atoms with Crippen LogP contribution in [0.3, 0.4) is 0 Å². The molecule has 21 heavy (non-hydrogen) atoms. The van der Waals surface area contributed by atoms with E-state index in [2.05, 4.69) is 9.97 Å². The van der Waals surface area contributed by atoms with Crippen LogP contribution in [0.4, 0.5) is 13.2 Å². The molecule has 1 aromatic heterocycles. The number of thioether (sulfide) groups is 1. The quantitative estimate of drug-likeness (QED) is 0.621. The van der Waals surface area contributed by atoms with E-state index in [4.69, 9.17) is 0 Å². The van der Waals surface area contributed by atoms with Crippen molar-refractivity contribution in [1.82, 2.24) is 9.97 Å². The maximum atomic E-state index is 13.3. The minimum absolute atomic E-state index is 0.123. The molecule has 9 heteroatoms. The standard InChI is InChI=1S/C12H11F3N2O2S2/c1-21(18,19)5-4-20-12-8-6-7(13)2-3-9(8)16-11(17-12)10(14)15/h2-3,6,10H,4-5H2,1H3. The fraction of sp³-hybridized carbons (Fsp3) is 0.333. The van der Waals surface area contributed by atoms with Crippen LogP contribution in [0.1, 0.15) is 12.2 Å². The third kappa shape index (κ3) is 4.31. The molecule has 0 N–H and O–H groups in total. The summed E-state index contributed by atoms with van der Waals surface area (Å²) in [5.74, 6) is -1.18. The number of aromatic nitrogens is 2. The molecule has 0 fully saturated rings. The molecule has 1 aromatic carbocycles. The van der Waals surface area contributed by atoms with Gasteiger partial charge in [-0.3, -0.25) is 0 Å². The predicted octanol–water partition coefficient (Wildman–Crippen LogP) is 2.84. The van der Waals surface area contributed by atoms with Gasteiger partial charge < -0.3 is 0 Å². The van der Waals surface area contributed by atoms with E-state index in [1.807, 2.05) is 0 Å². The first-order valence-electron chi connectivity index (χ1n) is 5.82. The summed E-state index contributed by atoms with van der Waals surface area (Å²) in [4.78, 5) is 7.38. The molecule has 2 rings (SSSR count). The maximum Gasteiger partial charge on any atom is 0.297 e. The van der Waals surface area contributed by atoms with Gasteiger partial charge in [-0.05, 0) is 18.2 Å². The van der Waals surface area contributed by atoms with Gasteiger partial charge in [-0.2, -0.15) is 0 Å². The molecule has 0 saturated carbocycles. The van der Waals surface area contributed by atoms with Gasteiger partial charge in [0, 0.05) is 17.4 Å². The maximum absolute atomic E-state index is 13.3. The van der Waals surface area contributed by atoms with Crippen LogP contribution in [0, 0.1) is 5.82 Å². The first-order chi connectivity index (χ1) is 9.76. The van der Waals surface area contributed by atoms with Crippen molar-refractivity contribution in [2.75, 3.05) is 17.8 Å². The second-order valence-electron chi connectivity index (χ2n) is 4.33. The number of alkyl halides is 2. The molecule has 0 aliphatic carbocycles. The SMILES string of the molecule is CS(=O)(=O)CCSc1nc(C(F)F)nc2ccc(F)cc12. The van der Waals surface area contributed by atoms with Gasteiger partial charge >= 0.3 is 0 Å². The van der Waals surface area contributed by atoms with Crippen LogP contribution >= 0.6 is 11.8 Å². The van der Waals surface area contributed by atoms with Gasteiger partial charge in [0.05, 0.1) is 11.3 Å². The Hall–Kier alpha value is -1.35. The molecule has 114 valence electrons. The van der Waals surface area contributed by atoms with E-state index >= 15 is 0 Å². The molecule has 4 nitrogen and oxygen atoms in total. The van der Waals surface area contributed by atoms with Gasteiger partial charge in [0.15, 0.2) is 5.82 Å². The highest BCUT2D eigenvalue weighted by atomic mass is 32.2. The fourth-order valence-corrected chi connectivity index (χ4v) is 3.80. The molecule has 2 aromatic rings. The minimum Gasteiger partial charge on any atom is -0.229 e. The lowest BCUT2D eigenvalue weighted by atomic mass is 10.2. The Morgan fingerprint density at radius 3 is 2.62 bits per heavy atom. The zero-order chi connectivity index (χ0) is 15.6. The van der Waals surface area contributed by atoms with E-state index in [1.165, 1.54) is 6.07 Å². The number of fused-ring (bicyclic) bond motifs is 1. The van der Waals surface area contributed by atoms with E-state index in [1.54, 1.807) is 0 Å². The number of nitrogens with zero attached hydrogens (tertiary/aromatic N) is 2. The van der Waals surface area contributed by atoms with Crippen LogP contribution in [0.15, 0.2) is 23.2 Å². The van der Waals surface area contributed by atoms with Crippen molar-refractivity contribution < 1.29 is 21.6 Å². The molecular weight excluding hydrogens is 325 g/mol. The number of halogens is 3. The zero-order valence-corrected chi connectivity index (χ0v) is 12.5. The monoisotopic (exact) mass is 336 g/mol. The lowest BCUT2D eigenvalue weighted by Crippen LogP contribution is -2.06. The summed E-state index contributed by atoms with van der Waals surface area (Å²) in [6.07, 6.45) is -1.77. The Labute approximate surface area is 123 Å². The van der Waals surface area contributed by atoms with E-state index in [-0.39, 0.29) is 27.4 Å². The Morgan fingerprint density at radius 1 is 1.29 bits per heavy atom.